The molecule has 0 spiro atoms. The highest BCUT2D eigenvalue weighted by Crippen LogP contribution is 2.36. The Hall–Kier alpha value is -0.640. The fourth-order valence-corrected chi connectivity index (χ4v) is 4.57. The van der Waals surface area contributed by atoms with Crippen molar-refractivity contribution < 1.29 is 0 Å². The molecule has 1 nitrogen and oxygen atoms in total. The summed E-state index contributed by atoms with van der Waals surface area (Å²) in [5.74, 6) is 0. The molecule has 0 amide bonds. The van der Waals surface area contributed by atoms with Crippen LogP contribution < -0.4 is 5.32 Å². The van der Waals surface area contributed by atoms with E-state index in [9.17, 15) is 0 Å². The Bertz CT molecular complexity index is 463. The molecule has 0 aromatic carbocycles. The molecule has 2 heterocycles. The van der Waals surface area contributed by atoms with E-state index < -0.39 is 0 Å². The minimum absolute atomic E-state index is 0.404. The molecule has 90 valence electrons. The Morgan fingerprint density at radius 1 is 1.41 bits per heavy atom. The van der Waals surface area contributed by atoms with Crippen molar-refractivity contribution in [3.63, 3.8) is 0 Å². The van der Waals surface area contributed by atoms with Crippen molar-refractivity contribution in [1.82, 2.24) is 5.32 Å². The number of fused-ring (bicyclic) bond motifs is 1. The number of hydrogen-bond acceptors (Lipinski definition) is 3. The van der Waals surface area contributed by atoms with E-state index in [4.69, 9.17) is 0 Å². The van der Waals surface area contributed by atoms with Gasteiger partial charge in [0.1, 0.15) is 0 Å². The van der Waals surface area contributed by atoms with Crippen molar-refractivity contribution in [3.8, 4) is 0 Å². The Balaban J connectivity index is 1.92. The molecule has 3 rings (SSSR count). The molecule has 0 fully saturated rings. The summed E-state index contributed by atoms with van der Waals surface area (Å²) < 4.78 is 0. The van der Waals surface area contributed by atoms with Crippen LogP contribution in [0.5, 0.6) is 0 Å². The van der Waals surface area contributed by atoms with E-state index in [-0.39, 0.29) is 0 Å². The summed E-state index contributed by atoms with van der Waals surface area (Å²) in [6.45, 7) is 3.20. The minimum Gasteiger partial charge on any atom is -0.306 e. The normalized spacial score (nSPS) is 16.1. The van der Waals surface area contributed by atoms with Gasteiger partial charge >= 0.3 is 0 Å². The van der Waals surface area contributed by atoms with Gasteiger partial charge in [0.25, 0.3) is 0 Å². The smallest absolute Gasteiger partial charge is 0.0679 e. The standard InChI is InChI=1S/C14H17NS2/c1-2-15-14(11-6-7-16-9-11)13-8-10-4-3-5-12(10)17-13/h6-9,14-15H,2-5H2,1H3. The van der Waals surface area contributed by atoms with E-state index in [1.165, 1.54) is 29.7 Å². The van der Waals surface area contributed by atoms with Crippen LogP contribution in [0.25, 0.3) is 0 Å². The third-order valence-electron chi connectivity index (χ3n) is 3.33. The maximum absolute atomic E-state index is 3.61. The van der Waals surface area contributed by atoms with Gasteiger partial charge in [0, 0.05) is 9.75 Å². The molecule has 0 aliphatic heterocycles. The molecule has 2 aromatic rings. The van der Waals surface area contributed by atoms with Crippen molar-refractivity contribution in [2.45, 2.75) is 32.2 Å². The first-order chi connectivity index (χ1) is 8.38. The van der Waals surface area contributed by atoms with Crippen LogP contribution in [0.4, 0.5) is 0 Å². The maximum Gasteiger partial charge on any atom is 0.0679 e. The number of hydrogen-bond donors (Lipinski definition) is 1. The van der Waals surface area contributed by atoms with Crippen LogP contribution in [0, 0.1) is 0 Å². The van der Waals surface area contributed by atoms with Gasteiger partial charge in [-0.15, -0.1) is 11.3 Å². The van der Waals surface area contributed by atoms with E-state index in [2.05, 4.69) is 35.1 Å². The fourth-order valence-electron chi connectivity index (χ4n) is 2.52. The Morgan fingerprint density at radius 3 is 3.06 bits per heavy atom. The molecular formula is C14H17NS2. The number of rotatable bonds is 4. The first-order valence-corrected chi connectivity index (χ1v) is 8.01. The van der Waals surface area contributed by atoms with E-state index in [0.717, 1.165) is 6.54 Å². The molecular weight excluding hydrogens is 246 g/mol. The first kappa shape index (κ1) is 11.5. The van der Waals surface area contributed by atoms with Gasteiger partial charge in [-0.2, -0.15) is 11.3 Å². The molecule has 1 aliphatic rings. The molecule has 0 radical (unpaired) electrons. The van der Waals surface area contributed by atoms with Crippen molar-refractivity contribution in [3.05, 3.63) is 43.8 Å². The molecule has 0 saturated heterocycles. The summed E-state index contributed by atoms with van der Waals surface area (Å²) in [7, 11) is 0. The quantitative estimate of drug-likeness (QED) is 0.879. The third-order valence-corrected chi connectivity index (χ3v) is 5.34. The summed E-state index contributed by atoms with van der Waals surface area (Å²) in [5, 5.41) is 8.04. The molecule has 3 heteroatoms. The van der Waals surface area contributed by atoms with Gasteiger partial charge in [-0.3, -0.25) is 0 Å². The summed E-state index contributed by atoms with van der Waals surface area (Å²) in [5.41, 5.74) is 3.01. The zero-order valence-electron chi connectivity index (χ0n) is 10.0. The van der Waals surface area contributed by atoms with E-state index in [1.807, 2.05) is 11.3 Å². The van der Waals surface area contributed by atoms with Crippen LogP contribution in [-0.4, -0.2) is 6.54 Å². The van der Waals surface area contributed by atoms with Crippen molar-refractivity contribution >= 4 is 22.7 Å². The Morgan fingerprint density at radius 2 is 2.35 bits per heavy atom. The highest BCUT2D eigenvalue weighted by Gasteiger charge is 2.20. The van der Waals surface area contributed by atoms with Gasteiger partial charge in [-0.05, 0) is 59.8 Å². The first-order valence-electron chi connectivity index (χ1n) is 6.25. The second kappa shape index (κ2) is 4.92. The lowest BCUT2D eigenvalue weighted by Crippen LogP contribution is -2.20. The molecule has 2 aromatic heterocycles. The van der Waals surface area contributed by atoms with E-state index in [1.54, 1.807) is 21.8 Å². The average Bonchev–Trinajstić information content (AvgIpc) is 3.01. The minimum atomic E-state index is 0.404. The highest BCUT2D eigenvalue weighted by molar-refractivity contribution is 7.12. The third kappa shape index (κ3) is 2.19. The van der Waals surface area contributed by atoms with Crippen LogP contribution in [0.2, 0.25) is 0 Å². The van der Waals surface area contributed by atoms with Crippen LogP contribution >= 0.6 is 22.7 Å². The van der Waals surface area contributed by atoms with E-state index in [0.29, 0.717) is 6.04 Å². The zero-order valence-corrected chi connectivity index (χ0v) is 11.7. The summed E-state index contributed by atoms with van der Waals surface area (Å²) in [4.78, 5) is 3.12. The Labute approximate surface area is 111 Å². The van der Waals surface area contributed by atoms with Crippen LogP contribution in [0.3, 0.4) is 0 Å². The number of nitrogens with one attached hydrogen (secondary N) is 1. The summed E-state index contributed by atoms with van der Waals surface area (Å²) in [6, 6.07) is 5.07. The van der Waals surface area contributed by atoms with Crippen LogP contribution in [0.1, 0.15) is 40.3 Å². The van der Waals surface area contributed by atoms with Crippen molar-refractivity contribution in [1.29, 1.82) is 0 Å². The molecule has 1 unspecified atom stereocenters. The lowest BCUT2D eigenvalue weighted by Gasteiger charge is -2.15. The SMILES string of the molecule is CCNC(c1ccsc1)c1cc2c(s1)CCC2. The predicted molar refractivity (Wildman–Crippen MR) is 76.2 cm³/mol. The van der Waals surface area contributed by atoms with Gasteiger partial charge in [0.2, 0.25) is 0 Å². The molecule has 0 bridgehead atoms. The predicted octanol–water partition coefficient (Wildman–Crippen LogP) is 4.00. The van der Waals surface area contributed by atoms with E-state index >= 15 is 0 Å². The lowest BCUT2D eigenvalue weighted by atomic mass is 10.1. The second-order valence-electron chi connectivity index (χ2n) is 4.50. The molecule has 1 N–H and O–H groups in total. The van der Waals surface area contributed by atoms with Gasteiger partial charge in [-0.1, -0.05) is 6.92 Å². The van der Waals surface area contributed by atoms with Crippen molar-refractivity contribution in [2.75, 3.05) is 6.54 Å². The van der Waals surface area contributed by atoms with Crippen molar-refractivity contribution in [2.24, 2.45) is 0 Å². The monoisotopic (exact) mass is 263 g/mol. The van der Waals surface area contributed by atoms with Crippen LogP contribution in [-0.2, 0) is 12.8 Å². The highest BCUT2D eigenvalue weighted by atomic mass is 32.1. The topological polar surface area (TPSA) is 12.0 Å². The fraction of sp³-hybridized carbons (Fsp3) is 0.429. The number of aryl methyl sites for hydroxylation is 2. The number of thiophene rings is 2. The van der Waals surface area contributed by atoms with Gasteiger partial charge in [-0.25, -0.2) is 0 Å². The summed E-state index contributed by atoms with van der Waals surface area (Å²) >= 11 is 3.79. The second-order valence-corrected chi connectivity index (χ2v) is 6.45. The molecule has 0 saturated carbocycles. The van der Waals surface area contributed by atoms with Gasteiger partial charge < -0.3 is 5.32 Å². The lowest BCUT2D eigenvalue weighted by molar-refractivity contribution is 0.641. The Kier molecular flexibility index (Phi) is 3.32. The molecule has 17 heavy (non-hydrogen) atoms. The zero-order chi connectivity index (χ0) is 11.7. The van der Waals surface area contributed by atoms with Crippen LogP contribution in [0.15, 0.2) is 22.9 Å². The summed E-state index contributed by atoms with van der Waals surface area (Å²) in [6.07, 6.45) is 3.93. The largest absolute Gasteiger partial charge is 0.306 e. The van der Waals surface area contributed by atoms with Gasteiger partial charge in [0.15, 0.2) is 0 Å². The van der Waals surface area contributed by atoms with Gasteiger partial charge in [0.05, 0.1) is 6.04 Å². The molecule has 1 aliphatic carbocycles. The average molecular weight is 263 g/mol. The molecule has 1 atom stereocenters. The maximum atomic E-state index is 3.61.